The number of aliphatic hydroxyl groups excluding tert-OH is 1. The predicted molar refractivity (Wildman–Crippen MR) is 192 cm³/mol. The Kier molecular flexibility index (Phi) is 12.0. The van der Waals surface area contributed by atoms with Crippen LogP contribution in [0.2, 0.25) is 0 Å². The molecule has 0 unspecified atom stereocenters. The molecule has 0 saturated carbocycles. The van der Waals surface area contributed by atoms with Gasteiger partial charge >= 0.3 is 0 Å². The Labute approximate surface area is 292 Å². The Morgan fingerprint density at radius 3 is 2.26 bits per heavy atom. The van der Waals surface area contributed by atoms with Crippen LogP contribution in [0, 0.1) is 0 Å². The number of para-hydroxylation sites is 2. The molecular weight excluding hydrogens is 634 g/mol. The minimum atomic E-state index is -0.635. The fourth-order valence-electron chi connectivity index (χ4n) is 6.29. The first-order valence-electron chi connectivity index (χ1n) is 17.2. The van der Waals surface area contributed by atoms with Crippen LogP contribution in [0.5, 0.6) is 0 Å². The molecule has 4 aromatic rings. The van der Waals surface area contributed by atoms with E-state index in [1.54, 1.807) is 24.5 Å². The number of ether oxygens (including phenoxy) is 2. The molecule has 2 saturated heterocycles. The molecule has 0 bridgehead atoms. The van der Waals surface area contributed by atoms with Crippen LogP contribution < -0.4 is 21.3 Å². The number of aromatic nitrogens is 2. The van der Waals surface area contributed by atoms with Crippen molar-refractivity contribution in [3.05, 3.63) is 108 Å². The molecule has 2 fully saturated rings. The number of carbonyl (C=O) groups is 2. The van der Waals surface area contributed by atoms with Gasteiger partial charge < -0.3 is 35.8 Å². The zero-order valence-electron chi connectivity index (χ0n) is 28.1. The van der Waals surface area contributed by atoms with Gasteiger partial charge in [0.2, 0.25) is 17.8 Å². The van der Waals surface area contributed by atoms with Crippen LogP contribution in [0.1, 0.15) is 61.2 Å². The molecule has 12 nitrogen and oxygen atoms in total. The number of amides is 2. The van der Waals surface area contributed by atoms with E-state index >= 15 is 0 Å². The lowest BCUT2D eigenvalue weighted by Gasteiger charge is -2.40. The Morgan fingerprint density at radius 1 is 0.820 bits per heavy atom. The van der Waals surface area contributed by atoms with E-state index in [0.717, 1.165) is 55.4 Å². The second-order valence-corrected chi connectivity index (χ2v) is 12.7. The molecule has 1 aromatic heterocycles. The number of nitrogens with two attached hydrogens (primary N) is 1. The average molecular weight is 680 g/mol. The largest absolute Gasteiger partial charge is 0.397 e. The summed E-state index contributed by atoms with van der Waals surface area (Å²) < 4.78 is 13.1. The van der Waals surface area contributed by atoms with Gasteiger partial charge in [-0.2, -0.15) is 0 Å². The van der Waals surface area contributed by atoms with E-state index < -0.39 is 6.29 Å². The van der Waals surface area contributed by atoms with Gasteiger partial charge in [-0.1, -0.05) is 48.5 Å². The van der Waals surface area contributed by atoms with Gasteiger partial charge in [-0.3, -0.25) is 14.5 Å². The molecule has 6 rings (SSSR count). The molecule has 2 aliphatic rings. The SMILES string of the molecule is Nc1ccccc1NC(=O)CCCCC(=O)Nc1cccc([C@H]2O[C@@H](CN3CCN(c4ncccn4)CC3)C[C@@H](c3ccc(CO)cc3)O2)c1. The van der Waals surface area contributed by atoms with Crippen molar-refractivity contribution in [2.24, 2.45) is 0 Å². The Hall–Kier alpha value is -4.88. The summed E-state index contributed by atoms with van der Waals surface area (Å²) in [7, 11) is 0. The molecule has 2 aliphatic heterocycles. The maximum Gasteiger partial charge on any atom is 0.225 e. The first-order valence-corrected chi connectivity index (χ1v) is 17.2. The summed E-state index contributed by atoms with van der Waals surface area (Å²) in [6, 6.07) is 24.4. The Balaban J connectivity index is 1.04. The van der Waals surface area contributed by atoms with Gasteiger partial charge in [-0.05, 0) is 54.3 Å². The first kappa shape index (κ1) is 35.0. The maximum atomic E-state index is 12.8. The van der Waals surface area contributed by atoms with Gasteiger partial charge in [0.25, 0.3) is 0 Å². The number of carbonyl (C=O) groups excluding carboxylic acids is 2. The highest BCUT2D eigenvalue weighted by Crippen LogP contribution is 2.39. The Bertz CT molecular complexity index is 1700. The molecule has 50 heavy (non-hydrogen) atoms. The third-order valence-corrected chi connectivity index (χ3v) is 9.02. The normalized spacial score (nSPS) is 19.5. The van der Waals surface area contributed by atoms with Crippen molar-refractivity contribution in [2.75, 3.05) is 54.0 Å². The third-order valence-electron chi connectivity index (χ3n) is 9.02. The van der Waals surface area contributed by atoms with Crippen LogP contribution in [0.3, 0.4) is 0 Å². The number of nitrogen functional groups attached to an aromatic ring is 1. The van der Waals surface area contributed by atoms with Gasteiger partial charge in [0.15, 0.2) is 6.29 Å². The maximum absolute atomic E-state index is 12.8. The van der Waals surface area contributed by atoms with E-state index in [4.69, 9.17) is 15.2 Å². The van der Waals surface area contributed by atoms with Gasteiger partial charge in [0, 0.05) is 75.6 Å². The lowest BCUT2D eigenvalue weighted by Crippen LogP contribution is -2.50. The highest BCUT2D eigenvalue weighted by atomic mass is 16.7. The number of aliphatic hydroxyl groups is 1. The fraction of sp³-hybridized carbons (Fsp3) is 0.368. The molecule has 5 N–H and O–H groups in total. The number of hydrogen-bond donors (Lipinski definition) is 4. The summed E-state index contributed by atoms with van der Waals surface area (Å²) >= 11 is 0. The van der Waals surface area contributed by atoms with Gasteiger partial charge in [-0.25, -0.2) is 9.97 Å². The van der Waals surface area contributed by atoms with Crippen molar-refractivity contribution in [1.82, 2.24) is 14.9 Å². The minimum Gasteiger partial charge on any atom is -0.397 e. The second kappa shape index (κ2) is 17.2. The molecule has 0 aliphatic carbocycles. The first-order chi connectivity index (χ1) is 24.4. The average Bonchev–Trinajstić information content (AvgIpc) is 3.15. The van der Waals surface area contributed by atoms with Crippen LogP contribution in [-0.2, 0) is 25.7 Å². The topological polar surface area (TPSA) is 155 Å². The molecule has 12 heteroatoms. The number of unbranched alkanes of at least 4 members (excludes halogenated alkanes) is 1. The van der Waals surface area contributed by atoms with Crippen molar-refractivity contribution in [1.29, 1.82) is 0 Å². The molecular formula is C38H45N7O5. The zero-order chi connectivity index (χ0) is 34.7. The monoisotopic (exact) mass is 679 g/mol. The molecule has 2 amide bonds. The number of hydrogen-bond acceptors (Lipinski definition) is 10. The van der Waals surface area contributed by atoms with E-state index in [2.05, 4.69) is 30.4 Å². The van der Waals surface area contributed by atoms with Crippen molar-refractivity contribution < 1.29 is 24.2 Å². The highest BCUT2D eigenvalue weighted by molar-refractivity contribution is 5.94. The smallest absolute Gasteiger partial charge is 0.225 e. The van der Waals surface area contributed by atoms with E-state index in [1.165, 1.54) is 0 Å². The lowest BCUT2D eigenvalue weighted by atomic mass is 9.99. The van der Waals surface area contributed by atoms with Gasteiger partial charge in [0.05, 0.1) is 30.2 Å². The quantitative estimate of drug-likeness (QED) is 0.111. The lowest BCUT2D eigenvalue weighted by molar-refractivity contribution is -0.253. The number of rotatable bonds is 13. The number of nitrogens with zero attached hydrogens (tertiary/aromatic N) is 4. The molecule has 3 heterocycles. The van der Waals surface area contributed by atoms with Crippen LogP contribution >= 0.6 is 0 Å². The van der Waals surface area contributed by atoms with Crippen LogP contribution in [0.15, 0.2) is 91.3 Å². The van der Waals surface area contributed by atoms with E-state index in [9.17, 15) is 14.7 Å². The fourth-order valence-corrected chi connectivity index (χ4v) is 6.29. The summed E-state index contributed by atoms with van der Waals surface area (Å²) in [5, 5.41) is 15.4. The van der Waals surface area contributed by atoms with E-state index in [1.807, 2.05) is 66.7 Å². The van der Waals surface area contributed by atoms with Crippen molar-refractivity contribution >= 4 is 34.8 Å². The molecule has 3 atom stereocenters. The summed E-state index contributed by atoms with van der Waals surface area (Å²) in [6.07, 6.45) is 5.03. The Morgan fingerprint density at radius 2 is 1.54 bits per heavy atom. The zero-order valence-corrected chi connectivity index (χ0v) is 28.1. The van der Waals surface area contributed by atoms with E-state index in [-0.39, 0.29) is 30.6 Å². The van der Waals surface area contributed by atoms with Crippen molar-refractivity contribution in [3.8, 4) is 0 Å². The van der Waals surface area contributed by atoms with Crippen LogP contribution in [0.4, 0.5) is 23.0 Å². The third kappa shape index (κ3) is 9.63. The summed E-state index contributed by atoms with van der Waals surface area (Å²) in [6.45, 7) is 4.14. The predicted octanol–water partition coefficient (Wildman–Crippen LogP) is 5.06. The van der Waals surface area contributed by atoms with E-state index in [0.29, 0.717) is 49.2 Å². The summed E-state index contributed by atoms with van der Waals surface area (Å²) in [4.78, 5) is 38.6. The summed E-state index contributed by atoms with van der Waals surface area (Å²) in [5.41, 5.74) is 10.4. The number of anilines is 4. The van der Waals surface area contributed by atoms with Crippen molar-refractivity contribution in [3.63, 3.8) is 0 Å². The number of piperazine rings is 1. The molecule has 0 spiro atoms. The van der Waals surface area contributed by atoms with Gasteiger partial charge in [-0.15, -0.1) is 0 Å². The molecule has 0 radical (unpaired) electrons. The van der Waals surface area contributed by atoms with Crippen LogP contribution in [-0.4, -0.2) is 70.6 Å². The number of nitrogens with one attached hydrogen (secondary N) is 2. The van der Waals surface area contributed by atoms with Crippen LogP contribution in [0.25, 0.3) is 0 Å². The minimum absolute atomic E-state index is 0.0160. The number of benzene rings is 3. The standard InChI is InChI=1S/C38H45N7O5/c39-32-9-1-2-10-33(32)43-36(48)12-4-3-11-35(47)42-30-8-5-7-29(23-30)37-49-31(24-34(50-37)28-15-13-27(26-46)14-16-28)25-44-19-21-45(22-20-44)38-40-17-6-18-41-38/h1-2,5-10,13-18,23,31,34,37,46H,3-4,11-12,19-22,24-26,39H2,(H,42,47)(H,43,48)/t31-,34+,37+/m1/s1. The molecule has 262 valence electrons. The van der Waals surface area contributed by atoms with Gasteiger partial charge in [0.1, 0.15) is 0 Å². The summed E-state index contributed by atoms with van der Waals surface area (Å²) in [5.74, 6) is 0.499. The van der Waals surface area contributed by atoms with Crippen molar-refractivity contribution in [2.45, 2.75) is 57.2 Å². The second-order valence-electron chi connectivity index (χ2n) is 12.7. The molecule has 3 aromatic carbocycles. The highest BCUT2D eigenvalue weighted by Gasteiger charge is 2.34.